The third-order valence-electron chi connectivity index (χ3n) is 2.10. The van der Waals surface area contributed by atoms with Gasteiger partial charge in [0.05, 0.1) is 31.4 Å². The highest BCUT2D eigenvalue weighted by molar-refractivity contribution is 9.08. The van der Waals surface area contributed by atoms with Gasteiger partial charge >= 0.3 is 5.97 Å². The van der Waals surface area contributed by atoms with Crippen molar-refractivity contribution in [3.8, 4) is 11.8 Å². The van der Waals surface area contributed by atoms with Crippen LogP contribution in [-0.2, 0) is 10.1 Å². The zero-order valence-electron chi connectivity index (χ0n) is 8.91. The van der Waals surface area contributed by atoms with Gasteiger partial charge in [0.1, 0.15) is 5.75 Å². The van der Waals surface area contributed by atoms with Gasteiger partial charge in [-0.2, -0.15) is 5.26 Å². The summed E-state index contributed by atoms with van der Waals surface area (Å²) < 4.78 is 9.78. The Morgan fingerprint density at radius 1 is 1.50 bits per heavy atom. The van der Waals surface area contributed by atoms with Gasteiger partial charge in [-0.25, -0.2) is 4.79 Å². The number of hydrogen-bond donors (Lipinski definition) is 0. The van der Waals surface area contributed by atoms with Crippen LogP contribution in [-0.4, -0.2) is 20.2 Å². The second kappa shape index (κ2) is 5.52. The minimum atomic E-state index is -0.482. The molecule has 4 nitrogen and oxygen atoms in total. The molecule has 1 aromatic rings. The van der Waals surface area contributed by atoms with Crippen molar-refractivity contribution in [2.45, 2.75) is 5.33 Å². The van der Waals surface area contributed by atoms with E-state index >= 15 is 0 Å². The maximum atomic E-state index is 11.5. The van der Waals surface area contributed by atoms with Crippen molar-refractivity contribution in [1.82, 2.24) is 0 Å². The average molecular weight is 284 g/mol. The number of alkyl halides is 1. The lowest BCUT2D eigenvalue weighted by atomic mass is 10.0. The molecular formula is C11H10BrNO3. The Morgan fingerprint density at radius 2 is 2.19 bits per heavy atom. The van der Waals surface area contributed by atoms with Crippen LogP contribution in [0.15, 0.2) is 12.1 Å². The van der Waals surface area contributed by atoms with Crippen LogP contribution < -0.4 is 4.74 Å². The largest absolute Gasteiger partial charge is 0.496 e. The second-order valence-corrected chi connectivity index (χ2v) is 3.50. The molecule has 0 aliphatic heterocycles. The second-order valence-electron chi connectivity index (χ2n) is 2.94. The van der Waals surface area contributed by atoms with Gasteiger partial charge in [-0.05, 0) is 12.1 Å². The molecule has 0 aromatic heterocycles. The summed E-state index contributed by atoms with van der Waals surface area (Å²) in [5, 5.41) is 9.28. The maximum absolute atomic E-state index is 11.5. The summed E-state index contributed by atoms with van der Waals surface area (Å²) in [4.78, 5) is 11.5. The molecule has 0 radical (unpaired) electrons. The molecule has 0 atom stereocenters. The monoisotopic (exact) mass is 283 g/mol. The predicted octanol–water partition coefficient (Wildman–Crippen LogP) is 2.25. The van der Waals surface area contributed by atoms with E-state index in [1.165, 1.54) is 20.3 Å². The van der Waals surface area contributed by atoms with E-state index in [9.17, 15) is 4.79 Å². The molecule has 0 aliphatic rings. The quantitative estimate of drug-likeness (QED) is 0.631. The van der Waals surface area contributed by atoms with Crippen molar-refractivity contribution in [3.63, 3.8) is 0 Å². The summed E-state index contributed by atoms with van der Waals surface area (Å²) in [5.41, 5.74) is 1.38. The van der Waals surface area contributed by atoms with Gasteiger partial charge in [0.15, 0.2) is 0 Å². The number of benzene rings is 1. The van der Waals surface area contributed by atoms with Gasteiger partial charge in [0.25, 0.3) is 0 Å². The Labute approximate surface area is 102 Å². The highest BCUT2D eigenvalue weighted by Crippen LogP contribution is 2.27. The van der Waals surface area contributed by atoms with Crippen LogP contribution in [0.2, 0.25) is 0 Å². The molecule has 84 valence electrons. The lowest BCUT2D eigenvalue weighted by Crippen LogP contribution is -2.07. The first kappa shape index (κ1) is 12.5. The van der Waals surface area contributed by atoms with Crippen LogP contribution in [0.25, 0.3) is 0 Å². The van der Waals surface area contributed by atoms with Gasteiger partial charge < -0.3 is 9.47 Å². The number of halogens is 1. The standard InChI is InChI=1S/C11H10BrNO3/c1-15-10-4-7(6-13)3-8(9(10)5-12)11(14)16-2/h3-4H,5H2,1-2H3. The van der Waals surface area contributed by atoms with Crippen LogP contribution in [0.5, 0.6) is 5.75 Å². The lowest BCUT2D eigenvalue weighted by Gasteiger charge is -2.11. The fraction of sp³-hybridized carbons (Fsp3) is 0.273. The van der Waals surface area contributed by atoms with Crippen molar-refractivity contribution in [1.29, 1.82) is 5.26 Å². The summed E-state index contributed by atoms with van der Waals surface area (Å²) >= 11 is 3.27. The smallest absolute Gasteiger partial charge is 0.338 e. The van der Waals surface area contributed by atoms with E-state index in [1.807, 2.05) is 6.07 Å². The SMILES string of the molecule is COC(=O)c1cc(C#N)cc(OC)c1CBr. The summed E-state index contributed by atoms with van der Waals surface area (Å²) in [7, 11) is 2.79. The highest BCUT2D eigenvalue weighted by Gasteiger charge is 2.17. The first-order valence-corrected chi connectivity index (χ1v) is 5.55. The maximum Gasteiger partial charge on any atom is 0.338 e. The zero-order chi connectivity index (χ0) is 12.1. The van der Waals surface area contributed by atoms with Gasteiger partial charge in [0.2, 0.25) is 0 Å². The summed E-state index contributed by atoms with van der Waals surface area (Å²) in [5.74, 6) is 0.0150. The molecule has 0 unspecified atom stereocenters. The van der Waals surface area contributed by atoms with E-state index in [-0.39, 0.29) is 0 Å². The predicted molar refractivity (Wildman–Crippen MR) is 61.7 cm³/mol. The third kappa shape index (κ3) is 2.34. The van der Waals surface area contributed by atoms with Crippen LogP contribution in [0.3, 0.4) is 0 Å². The van der Waals surface area contributed by atoms with Crippen molar-refractivity contribution in [2.24, 2.45) is 0 Å². The van der Waals surface area contributed by atoms with Crippen LogP contribution in [0.1, 0.15) is 21.5 Å². The van der Waals surface area contributed by atoms with E-state index in [0.29, 0.717) is 27.8 Å². The molecular weight excluding hydrogens is 274 g/mol. The van der Waals surface area contributed by atoms with Gasteiger partial charge in [-0.15, -0.1) is 0 Å². The highest BCUT2D eigenvalue weighted by atomic mass is 79.9. The number of nitriles is 1. The van der Waals surface area contributed by atoms with Gasteiger partial charge in [-0.3, -0.25) is 0 Å². The van der Waals surface area contributed by atoms with E-state index < -0.39 is 5.97 Å². The number of carbonyl (C=O) groups is 1. The molecule has 0 heterocycles. The molecule has 0 spiro atoms. The number of nitrogens with zero attached hydrogens (tertiary/aromatic N) is 1. The van der Waals surface area contributed by atoms with Gasteiger partial charge in [0, 0.05) is 10.9 Å². The Balaban J connectivity index is 3.44. The van der Waals surface area contributed by atoms with Crippen molar-refractivity contribution >= 4 is 21.9 Å². The first-order chi connectivity index (χ1) is 7.67. The Hall–Kier alpha value is -1.54. The van der Waals surface area contributed by atoms with Crippen LogP contribution in [0.4, 0.5) is 0 Å². The fourth-order valence-corrected chi connectivity index (χ4v) is 1.90. The normalized spacial score (nSPS) is 9.38. The summed E-state index contributed by atoms with van der Waals surface area (Å²) in [6.07, 6.45) is 0. The number of hydrogen-bond acceptors (Lipinski definition) is 4. The van der Waals surface area contributed by atoms with E-state index in [4.69, 9.17) is 10.00 Å². The average Bonchev–Trinajstić information content (AvgIpc) is 2.35. The van der Waals surface area contributed by atoms with Crippen molar-refractivity contribution in [3.05, 3.63) is 28.8 Å². The topological polar surface area (TPSA) is 59.3 Å². The number of rotatable bonds is 3. The van der Waals surface area contributed by atoms with E-state index in [2.05, 4.69) is 20.7 Å². The lowest BCUT2D eigenvalue weighted by molar-refractivity contribution is 0.0599. The number of methoxy groups -OCH3 is 2. The van der Waals surface area contributed by atoms with E-state index in [1.54, 1.807) is 6.07 Å². The third-order valence-corrected chi connectivity index (χ3v) is 2.66. The van der Waals surface area contributed by atoms with E-state index in [0.717, 1.165) is 0 Å². The fourth-order valence-electron chi connectivity index (χ4n) is 1.32. The molecule has 0 amide bonds. The Kier molecular flexibility index (Phi) is 4.32. The molecule has 0 bridgehead atoms. The van der Waals surface area contributed by atoms with Crippen LogP contribution in [0, 0.1) is 11.3 Å². The molecule has 0 saturated heterocycles. The number of esters is 1. The Morgan fingerprint density at radius 3 is 2.62 bits per heavy atom. The summed E-state index contributed by atoms with van der Waals surface area (Å²) in [6.45, 7) is 0. The minimum Gasteiger partial charge on any atom is -0.496 e. The molecule has 16 heavy (non-hydrogen) atoms. The summed E-state index contributed by atoms with van der Waals surface area (Å²) in [6, 6.07) is 5.05. The number of ether oxygens (including phenoxy) is 2. The zero-order valence-corrected chi connectivity index (χ0v) is 10.5. The van der Waals surface area contributed by atoms with Crippen molar-refractivity contribution in [2.75, 3.05) is 14.2 Å². The molecule has 5 heteroatoms. The Bertz CT molecular complexity index is 451. The number of carbonyl (C=O) groups excluding carboxylic acids is 1. The first-order valence-electron chi connectivity index (χ1n) is 4.43. The molecule has 1 rings (SSSR count). The minimum absolute atomic E-state index is 0.343. The molecule has 0 aliphatic carbocycles. The van der Waals surface area contributed by atoms with Gasteiger partial charge in [-0.1, -0.05) is 15.9 Å². The molecule has 1 aromatic carbocycles. The molecule has 0 saturated carbocycles. The van der Waals surface area contributed by atoms with Crippen molar-refractivity contribution < 1.29 is 14.3 Å². The molecule has 0 fully saturated rings. The molecule has 0 N–H and O–H groups in total. The van der Waals surface area contributed by atoms with Crippen LogP contribution >= 0.6 is 15.9 Å².